The number of hydrogen-bond acceptors (Lipinski definition) is 3. The van der Waals surface area contributed by atoms with E-state index in [1.54, 1.807) is 0 Å². The van der Waals surface area contributed by atoms with Crippen molar-refractivity contribution in [1.82, 2.24) is 10.2 Å². The summed E-state index contributed by atoms with van der Waals surface area (Å²) < 4.78 is 0. The van der Waals surface area contributed by atoms with Gasteiger partial charge in [-0.2, -0.15) is 0 Å². The summed E-state index contributed by atoms with van der Waals surface area (Å²) in [6, 6.07) is 5.63. The summed E-state index contributed by atoms with van der Waals surface area (Å²) in [6.07, 6.45) is 3.83. The predicted molar refractivity (Wildman–Crippen MR) is 84.9 cm³/mol. The third-order valence-electron chi connectivity index (χ3n) is 4.63. The highest BCUT2D eigenvalue weighted by Crippen LogP contribution is 2.30. The number of piperidine rings is 1. The second kappa shape index (κ2) is 6.38. The van der Waals surface area contributed by atoms with Crippen LogP contribution in [0.15, 0.2) is 17.5 Å². The van der Waals surface area contributed by atoms with Crippen LogP contribution in [0.5, 0.6) is 0 Å². The van der Waals surface area contributed by atoms with E-state index >= 15 is 0 Å². The van der Waals surface area contributed by atoms with Gasteiger partial charge in [0, 0.05) is 23.5 Å². The Morgan fingerprint density at radius 1 is 1.53 bits per heavy atom. The average Bonchev–Trinajstić information content (AvgIpc) is 2.84. The van der Waals surface area contributed by atoms with Crippen LogP contribution in [0.4, 0.5) is 0 Å². The zero-order valence-corrected chi connectivity index (χ0v) is 13.6. The fraction of sp³-hybridized carbons (Fsp3) is 0.750. The molecule has 1 aromatic rings. The molecule has 1 aliphatic rings. The highest BCUT2D eigenvalue weighted by Gasteiger charge is 2.33. The van der Waals surface area contributed by atoms with Crippen molar-refractivity contribution >= 4 is 11.3 Å². The van der Waals surface area contributed by atoms with E-state index in [-0.39, 0.29) is 0 Å². The Morgan fingerprint density at radius 3 is 2.95 bits per heavy atom. The number of likely N-dealkylation sites (N-methyl/N-ethyl adjacent to an activating group) is 1. The Balaban J connectivity index is 1.87. The molecule has 0 bridgehead atoms. The summed E-state index contributed by atoms with van der Waals surface area (Å²) >= 11 is 1.87. The number of rotatable bonds is 5. The van der Waals surface area contributed by atoms with E-state index in [4.69, 9.17) is 0 Å². The summed E-state index contributed by atoms with van der Waals surface area (Å²) in [5, 5.41) is 5.89. The van der Waals surface area contributed by atoms with Crippen LogP contribution in [0.25, 0.3) is 0 Å². The van der Waals surface area contributed by atoms with Gasteiger partial charge in [-0.05, 0) is 56.6 Å². The molecule has 1 aromatic heterocycles. The lowest BCUT2D eigenvalue weighted by atomic mass is 9.77. The van der Waals surface area contributed by atoms with Crippen LogP contribution in [0, 0.1) is 5.41 Å². The Labute approximate surface area is 122 Å². The lowest BCUT2D eigenvalue weighted by molar-refractivity contribution is 0.122. The van der Waals surface area contributed by atoms with Crippen LogP contribution in [0.3, 0.4) is 0 Å². The van der Waals surface area contributed by atoms with Crippen molar-refractivity contribution < 1.29 is 0 Å². The van der Waals surface area contributed by atoms with E-state index in [0.29, 0.717) is 17.5 Å². The quantitative estimate of drug-likeness (QED) is 0.889. The van der Waals surface area contributed by atoms with E-state index in [0.717, 1.165) is 6.54 Å². The molecule has 0 amide bonds. The lowest BCUT2D eigenvalue weighted by Crippen LogP contribution is -2.53. The fourth-order valence-electron chi connectivity index (χ4n) is 2.93. The van der Waals surface area contributed by atoms with Gasteiger partial charge < -0.3 is 10.2 Å². The summed E-state index contributed by atoms with van der Waals surface area (Å²) in [5.74, 6) is 0. The molecule has 1 saturated heterocycles. The summed E-state index contributed by atoms with van der Waals surface area (Å²) in [6.45, 7) is 9.49. The van der Waals surface area contributed by atoms with Gasteiger partial charge in [0.1, 0.15) is 0 Å². The Kier molecular flexibility index (Phi) is 5.04. The molecular weight excluding hydrogens is 252 g/mol. The minimum absolute atomic E-state index is 0.426. The molecular formula is C16H28N2S. The maximum atomic E-state index is 3.71. The normalized spacial score (nSPS) is 24.6. The summed E-state index contributed by atoms with van der Waals surface area (Å²) in [4.78, 5) is 4.01. The molecule has 0 aromatic carbocycles. The number of nitrogens with one attached hydrogen (secondary N) is 1. The van der Waals surface area contributed by atoms with Gasteiger partial charge in [-0.15, -0.1) is 11.3 Å². The maximum absolute atomic E-state index is 3.71. The second-order valence-electron chi connectivity index (χ2n) is 6.67. The Morgan fingerprint density at radius 2 is 2.32 bits per heavy atom. The van der Waals surface area contributed by atoms with Gasteiger partial charge in [-0.1, -0.05) is 19.9 Å². The predicted octanol–water partition coefficient (Wildman–Crippen LogP) is 3.39. The highest BCUT2D eigenvalue weighted by atomic mass is 32.1. The van der Waals surface area contributed by atoms with E-state index in [2.05, 4.69) is 55.5 Å². The fourth-order valence-corrected chi connectivity index (χ4v) is 3.75. The first-order valence-corrected chi connectivity index (χ1v) is 8.33. The molecule has 3 heteroatoms. The zero-order valence-electron chi connectivity index (χ0n) is 12.8. The first-order valence-electron chi connectivity index (χ1n) is 7.45. The molecule has 2 rings (SSSR count). The monoisotopic (exact) mass is 280 g/mol. The van der Waals surface area contributed by atoms with Crippen molar-refractivity contribution in [1.29, 1.82) is 0 Å². The topological polar surface area (TPSA) is 15.3 Å². The van der Waals surface area contributed by atoms with E-state index in [9.17, 15) is 0 Å². The minimum atomic E-state index is 0.426. The van der Waals surface area contributed by atoms with Crippen LogP contribution < -0.4 is 5.32 Å². The van der Waals surface area contributed by atoms with Crippen molar-refractivity contribution in [2.45, 2.75) is 52.1 Å². The molecule has 0 aliphatic carbocycles. The van der Waals surface area contributed by atoms with Gasteiger partial charge in [-0.25, -0.2) is 0 Å². The molecule has 0 radical (unpaired) electrons. The van der Waals surface area contributed by atoms with Gasteiger partial charge in [0.2, 0.25) is 0 Å². The standard InChI is InChI=1S/C16H28N2S/c1-13(11-14-7-5-10-19-14)18(4)12-15-16(2,3)8-6-9-17-15/h5,7,10,13,15,17H,6,8-9,11-12H2,1-4H3. The average molecular weight is 280 g/mol. The number of thiophene rings is 1. The summed E-state index contributed by atoms with van der Waals surface area (Å²) in [7, 11) is 2.27. The Bertz CT molecular complexity index is 372. The second-order valence-corrected chi connectivity index (χ2v) is 7.70. The molecule has 19 heavy (non-hydrogen) atoms. The first-order chi connectivity index (χ1) is 8.99. The summed E-state index contributed by atoms with van der Waals surface area (Å²) in [5.41, 5.74) is 0.426. The molecule has 2 heterocycles. The number of nitrogens with zero attached hydrogens (tertiary/aromatic N) is 1. The third kappa shape index (κ3) is 4.04. The van der Waals surface area contributed by atoms with Gasteiger partial charge in [0.05, 0.1) is 0 Å². The van der Waals surface area contributed by atoms with Crippen LogP contribution in [-0.2, 0) is 6.42 Å². The SMILES string of the molecule is CC(Cc1cccs1)N(C)CC1NCCCC1(C)C. The van der Waals surface area contributed by atoms with Crippen molar-refractivity contribution in [3.8, 4) is 0 Å². The molecule has 2 nitrogen and oxygen atoms in total. The highest BCUT2D eigenvalue weighted by molar-refractivity contribution is 7.09. The molecule has 0 saturated carbocycles. The smallest absolute Gasteiger partial charge is 0.0246 e. The van der Waals surface area contributed by atoms with Crippen molar-refractivity contribution in [3.63, 3.8) is 0 Å². The molecule has 2 atom stereocenters. The minimum Gasteiger partial charge on any atom is -0.312 e. The van der Waals surface area contributed by atoms with Gasteiger partial charge in [-0.3, -0.25) is 0 Å². The van der Waals surface area contributed by atoms with E-state index in [1.165, 1.54) is 30.7 Å². The van der Waals surface area contributed by atoms with Crippen LogP contribution in [0.2, 0.25) is 0 Å². The van der Waals surface area contributed by atoms with Gasteiger partial charge in [0.15, 0.2) is 0 Å². The van der Waals surface area contributed by atoms with Crippen molar-refractivity contribution in [3.05, 3.63) is 22.4 Å². The maximum Gasteiger partial charge on any atom is 0.0246 e. The van der Waals surface area contributed by atoms with E-state index < -0.39 is 0 Å². The molecule has 1 aliphatic heterocycles. The lowest BCUT2D eigenvalue weighted by Gasteiger charge is -2.42. The van der Waals surface area contributed by atoms with E-state index in [1.807, 2.05) is 11.3 Å². The van der Waals surface area contributed by atoms with Crippen LogP contribution in [-0.4, -0.2) is 37.1 Å². The molecule has 0 spiro atoms. The van der Waals surface area contributed by atoms with Gasteiger partial charge >= 0.3 is 0 Å². The molecule has 1 fully saturated rings. The van der Waals surface area contributed by atoms with Gasteiger partial charge in [0.25, 0.3) is 0 Å². The molecule has 108 valence electrons. The largest absolute Gasteiger partial charge is 0.312 e. The molecule has 1 N–H and O–H groups in total. The third-order valence-corrected chi connectivity index (χ3v) is 5.53. The Hall–Kier alpha value is -0.380. The van der Waals surface area contributed by atoms with Crippen molar-refractivity contribution in [2.24, 2.45) is 5.41 Å². The van der Waals surface area contributed by atoms with Crippen LogP contribution in [0.1, 0.15) is 38.5 Å². The first kappa shape index (κ1) is 15.0. The molecule has 2 unspecified atom stereocenters. The zero-order chi connectivity index (χ0) is 13.9. The number of hydrogen-bond donors (Lipinski definition) is 1. The van der Waals surface area contributed by atoms with Crippen molar-refractivity contribution in [2.75, 3.05) is 20.1 Å². The van der Waals surface area contributed by atoms with Crippen LogP contribution >= 0.6 is 11.3 Å².